The Balaban J connectivity index is 1.07. The fourth-order valence-electron chi connectivity index (χ4n) is 8.33. The zero-order valence-electron chi connectivity index (χ0n) is 40.0. The van der Waals surface area contributed by atoms with E-state index in [2.05, 4.69) is 192 Å². The van der Waals surface area contributed by atoms with Crippen LogP contribution in [0.5, 0.6) is 0 Å². The third kappa shape index (κ3) is 12.7. The summed E-state index contributed by atoms with van der Waals surface area (Å²) in [6.45, 7) is 11.2. The van der Waals surface area contributed by atoms with Crippen LogP contribution in [0.25, 0.3) is 11.1 Å². The van der Waals surface area contributed by atoms with Crippen molar-refractivity contribution >= 4 is 69.1 Å². The molecule has 8 rings (SSSR count). The Labute approximate surface area is 421 Å². The summed E-state index contributed by atoms with van der Waals surface area (Å²) in [6.07, 6.45) is 5.24. The highest BCUT2D eigenvalue weighted by molar-refractivity contribution is 5.85. The first-order valence-corrected chi connectivity index (χ1v) is 23.8. The van der Waals surface area contributed by atoms with Gasteiger partial charge >= 0.3 is 17.9 Å². The van der Waals surface area contributed by atoms with Crippen molar-refractivity contribution in [3.63, 3.8) is 0 Å². The van der Waals surface area contributed by atoms with Gasteiger partial charge in [0.1, 0.15) is 0 Å². The van der Waals surface area contributed by atoms with E-state index in [-0.39, 0.29) is 19.8 Å². The Morgan fingerprint density at radius 2 is 0.611 bits per heavy atom. The summed E-state index contributed by atoms with van der Waals surface area (Å²) in [5, 5.41) is 0. The molecular weight excluding hydrogens is 895 g/mol. The summed E-state index contributed by atoms with van der Waals surface area (Å²) in [4.78, 5) is 41.7. The molecule has 0 aromatic heterocycles. The van der Waals surface area contributed by atoms with Gasteiger partial charge in [-0.25, -0.2) is 14.4 Å². The van der Waals surface area contributed by atoms with E-state index in [1.54, 1.807) is 0 Å². The molecule has 0 aliphatic carbocycles. The van der Waals surface area contributed by atoms with Gasteiger partial charge in [-0.2, -0.15) is 0 Å². The number of carbonyl (C=O) groups is 3. The molecule has 0 fully saturated rings. The number of para-hydroxylation sites is 2. The van der Waals surface area contributed by atoms with E-state index in [1.807, 2.05) is 48.5 Å². The van der Waals surface area contributed by atoms with Gasteiger partial charge in [0.25, 0.3) is 0 Å². The molecular formula is C63H55N3O6. The minimum atomic E-state index is -0.449. The number of ether oxygens (including phenoxy) is 3. The second-order valence-electron chi connectivity index (χ2n) is 16.7. The lowest BCUT2D eigenvalue weighted by Gasteiger charge is -2.29. The van der Waals surface area contributed by atoms with Crippen LogP contribution in [0, 0.1) is 0 Å². The lowest BCUT2D eigenvalue weighted by Crippen LogP contribution is -2.13. The Hall–Kier alpha value is -9.21. The largest absolute Gasteiger partial charge is 0.462 e. The van der Waals surface area contributed by atoms with E-state index in [0.717, 1.165) is 79.0 Å². The molecule has 0 atom stereocenters. The lowest BCUT2D eigenvalue weighted by molar-refractivity contribution is -0.138. The first-order chi connectivity index (χ1) is 35.3. The maximum Gasteiger partial charge on any atom is 0.330 e. The van der Waals surface area contributed by atoms with Crippen molar-refractivity contribution in [1.82, 2.24) is 0 Å². The minimum absolute atomic E-state index is 0.242. The van der Waals surface area contributed by atoms with Crippen LogP contribution < -0.4 is 14.7 Å². The highest BCUT2D eigenvalue weighted by Crippen LogP contribution is 2.42. The Bertz CT molecular complexity index is 3100. The van der Waals surface area contributed by atoms with E-state index >= 15 is 0 Å². The summed E-state index contributed by atoms with van der Waals surface area (Å²) in [7, 11) is 0. The predicted octanol–water partition coefficient (Wildman–Crippen LogP) is 14.6. The summed E-state index contributed by atoms with van der Waals surface area (Å²) in [5.74, 6) is -1.32. The molecule has 9 heteroatoms. The highest BCUT2D eigenvalue weighted by atomic mass is 16.5. The standard InChI is InChI=1S/C63H55N3O6/c1-4-61(67)70-42-39-47-23-31-54(32-24-47)64(52-16-9-7-10-17-52)59-21-14-22-60(46-59)65(53-18-11-8-12-19-53)56-35-27-50(28-36-56)51-29-37-57(38-30-51)66(55-33-25-48(26-34-55)40-43-71-62(68)5-2)58-20-13-15-49(45-58)41-44-72-63(69)6-3/h4-38,45-46H,1-3,39-44H2. The minimum Gasteiger partial charge on any atom is -0.462 e. The van der Waals surface area contributed by atoms with Crippen LogP contribution in [0.3, 0.4) is 0 Å². The SMILES string of the molecule is C=CC(=O)OCCc1ccc(N(c2ccc(-c3ccc(N(c4ccccc4)c4cccc(N(c5ccccc5)c5ccc(CCOC(=O)C=C)cc5)c4)cc3)cc2)c2cccc(CCOC(=O)C=C)c2)cc1. The van der Waals surface area contributed by atoms with E-state index in [9.17, 15) is 14.4 Å². The Morgan fingerprint density at radius 1 is 0.319 bits per heavy atom. The quantitative estimate of drug-likeness (QED) is 0.0374. The van der Waals surface area contributed by atoms with Crippen LogP contribution in [0.1, 0.15) is 16.7 Å². The van der Waals surface area contributed by atoms with E-state index in [1.165, 1.54) is 18.2 Å². The Morgan fingerprint density at radius 3 is 0.972 bits per heavy atom. The first kappa shape index (κ1) is 49.2. The van der Waals surface area contributed by atoms with E-state index in [4.69, 9.17) is 14.2 Å². The molecule has 358 valence electrons. The van der Waals surface area contributed by atoms with E-state index in [0.29, 0.717) is 19.3 Å². The van der Waals surface area contributed by atoms with Crippen molar-refractivity contribution in [2.24, 2.45) is 0 Å². The number of hydrogen-bond acceptors (Lipinski definition) is 9. The summed E-state index contributed by atoms with van der Waals surface area (Å²) < 4.78 is 15.7. The van der Waals surface area contributed by atoms with Gasteiger partial charge in [0, 0.05) is 88.7 Å². The monoisotopic (exact) mass is 949 g/mol. The third-order valence-corrected chi connectivity index (χ3v) is 11.9. The first-order valence-electron chi connectivity index (χ1n) is 23.8. The van der Waals surface area contributed by atoms with Crippen molar-refractivity contribution in [1.29, 1.82) is 0 Å². The van der Waals surface area contributed by atoms with Gasteiger partial charge in [-0.05, 0) is 131 Å². The molecule has 0 spiro atoms. The second-order valence-corrected chi connectivity index (χ2v) is 16.7. The molecule has 8 aromatic rings. The topological polar surface area (TPSA) is 88.6 Å². The van der Waals surface area contributed by atoms with Crippen LogP contribution in [-0.4, -0.2) is 37.7 Å². The molecule has 0 amide bonds. The van der Waals surface area contributed by atoms with Crippen LogP contribution in [0.4, 0.5) is 51.2 Å². The molecule has 0 bridgehead atoms. The Kier molecular flexibility index (Phi) is 16.7. The molecule has 0 saturated heterocycles. The molecule has 0 radical (unpaired) electrons. The van der Waals surface area contributed by atoms with E-state index < -0.39 is 17.9 Å². The number of hydrogen-bond donors (Lipinski definition) is 0. The van der Waals surface area contributed by atoms with Crippen molar-refractivity contribution < 1.29 is 28.6 Å². The molecule has 0 unspecified atom stereocenters. The summed E-state index contributed by atoms with van der Waals surface area (Å²) >= 11 is 0. The predicted molar refractivity (Wildman–Crippen MR) is 291 cm³/mol. The number of carbonyl (C=O) groups excluding carboxylic acids is 3. The van der Waals surface area contributed by atoms with Gasteiger partial charge < -0.3 is 28.9 Å². The fraction of sp³-hybridized carbons (Fsp3) is 0.0952. The molecule has 0 heterocycles. The molecule has 9 nitrogen and oxygen atoms in total. The molecule has 0 aliphatic rings. The van der Waals surface area contributed by atoms with Crippen LogP contribution in [0.15, 0.2) is 244 Å². The average molecular weight is 950 g/mol. The number of rotatable bonds is 22. The van der Waals surface area contributed by atoms with Crippen molar-refractivity contribution in [2.45, 2.75) is 19.3 Å². The number of nitrogens with zero attached hydrogens (tertiary/aromatic N) is 3. The number of benzene rings is 8. The summed E-state index contributed by atoms with van der Waals surface area (Å²) in [6, 6.07) is 71.2. The number of anilines is 9. The second kappa shape index (κ2) is 24.4. The molecule has 8 aromatic carbocycles. The van der Waals surface area contributed by atoms with Crippen LogP contribution in [0.2, 0.25) is 0 Å². The van der Waals surface area contributed by atoms with Gasteiger partial charge in [-0.3, -0.25) is 0 Å². The smallest absolute Gasteiger partial charge is 0.330 e. The maximum atomic E-state index is 11.8. The zero-order chi connectivity index (χ0) is 50.1. The third-order valence-electron chi connectivity index (χ3n) is 11.9. The van der Waals surface area contributed by atoms with Gasteiger partial charge in [-0.15, -0.1) is 0 Å². The average Bonchev–Trinajstić information content (AvgIpc) is 3.43. The molecule has 72 heavy (non-hydrogen) atoms. The molecule has 0 saturated carbocycles. The van der Waals surface area contributed by atoms with Gasteiger partial charge in [0.15, 0.2) is 0 Å². The molecule has 0 aliphatic heterocycles. The zero-order valence-corrected chi connectivity index (χ0v) is 40.0. The van der Waals surface area contributed by atoms with Crippen molar-refractivity contribution in [3.05, 3.63) is 261 Å². The maximum absolute atomic E-state index is 11.8. The normalized spacial score (nSPS) is 10.6. The van der Waals surface area contributed by atoms with Gasteiger partial charge in [0.2, 0.25) is 0 Å². The van der Waals surface area contributed by atoms with Gasteiger partial charge in [0.05, 0.1) is 19.8 Å². The molecule has 0 N–H and O–H groups in total. The van der Waals surface area contributed by atoms with Gasteiger partial charge in [-0.1, -0.05) is 123 Å². The van der Waals surface area contributed by atoms with Crippen LogP contribution >= 0.6 is 0 Å². The van der Waals surface area contributed by atoms with Crippen LogP contribution in [-0.2, 0) is 47.9 Å². The highest BCUT2D eigenvalue weighted by Gasteiger charge is 2.19. The lowest BCUT2D eigenvalue weighted by atomic mass is 10.0. The fourth-order valence-corrected chi connectivity index (χ4v) is 8.33. The summed E-state index contributed by atoms with van der Waals surface area (Å²) in [5.41, 5.74) is 14.1. The van der Waals surface area contributed by atoms with Crippen molar-refractivity contribution in [3.8, 4) is 11.1 Å². The van der Waals surface area contributed by atoms with Crippen molar-refractivity contribution in [2.75, 3.05) is 34.5 Å². The number of esters is 3.